The summed E-state index contributed by atoms with van der Waals surface area (Å²) in [4.78, 5) is 0. The van der Waals surface area contributed by atoms with Crippen LogP contribution in [0.25, 0.3) is 0 Å². The lowest BCUT2D eigenvalue weighted by atomic mass is 10.0. The Labute approximate surface area is 85.9 Å². The van der Waals surface area contributed by atoms with Gasteiger partial charge in [0.05, 0.1) is 12.1 Å². The van der Waals surface area contributed by atoms with E-state index >= 15 is 0 Å². The average Bonchev–Trinajstić information content (AvgIpc) is 2.03. The van der Waals surface area contributed by atoms with Gasteiger partial charge in [-0.2, -0.15) is 0 Å². The molecule has 12 heavy (non-hydrogen) atoms. The molecule has 1 aromatic rings. The lowest BCUT2D eigenvalue weighted by molar-refractivity contribution is 0.164. The van der Waals surface area contributed by atoms with Crippen molar-refractivity contribution in [2.45, 2.75) is 19.1 Å². The van der Waals surface area contributed by atoms with Gasteiger partial charge >= 0.3 is 0 Å². The standard InChI is InChI=1S/C9H12INO/c1-6(12)9(11)7-3-2-4-8(10)5-7/h2-6,9,12H,11H2,1H3/t6?,9-/m1/s1. The molecule has 0 saturated carbocycles. The first kappa shape index (κ1) is 9.95. The molecule has 2 nitrogen and oxygen atoms in total. The fourth-order valence-corrected chi connectivity index (χ4v) is 1.56. The number of hydrogen-bond donors (Lipinski definition) is 2. The molecule has 3 heteroatoms. The molecular formula is C9H12INO. The number of hydrogen-bond acceptors (Lipinski definition) is 2. The largest absolute Gasteiger partial charge is 0.391 e. The van der Waals surface area contributed by atoms with Crippen LogP contribution in [0.15, 0.2) is 24.3 Å². The molecule has 2 atom stereocenters. The Hall–Kier alpha value is -0.130. The fraction of sp³-hybridized carbons (Fsp3) is 0.333. The summed E-state index contributed by atoms with van der Waals surface area (Å²) < 4.78 is 1.14. The van der Waals surface area contributed by atoms with Crippen molar-refractivity contribution in [2.75, 3.05) is 0 Å². The molecule has 1 aromatic carbocycles. The summed E-state index contributed by atoms with van der Waals surface area (Å²) >= 11 is 2.22. The normalized spacial score (nSPS) is 15.7. The summed E-state index contributed by atoms with van der Waals surface area (Å²) in [5.41, 5.74) is 6.74. The van der Waals surface area contributed by atoms with Crippen LogP contribution in [-0.4, -0.2) is 11.2 Å². The van der Waals surface area contributed by atoms with Gasteiger partial charge < -0.3 is 10.8 Å². The molecule has 0 spiro atoms. The third kappa shape index (κ3) is 2.43. The van der Waals surface area contributed by atoms with Crippen LogP contribution in [0.1, 0.15) is 18.5 Å². The SMILES string of the molecule is CC(O)[C@@H](N)c1cccc(I)c1. The van der Waals surface area contributed by atoms with Crippen molar-refractivity contribution in [3.8, 4) is 0 Å². The Morgan fingerprint density at radius 3 is 2.67 bits per heavy atom. The van der Waals surface area contributed by atoms with Crippen molar-refractivity contribution in [3.63, 3.8) is 0 Å². The zero-order valence-electron chi connectivity index (χ0n) is 6.87. The molecule has 0 amide bonds. The van der Waals surface area contributed by atoms with Crippen LogP contribution < -0.4 is 5.73 Å². The molecular weight excluding hydrogens is 265 g/mol. The molecule has 0 heterocycles. The van der Waals surface area contributed by atoms with Crippen LogP contribution in [-0.2, 0) is 0 Å². The van der Waals surface area contributed by atoms with Crippen molar-refractivity contribution in [1.29, 1.82) is 0 Å². The van der Waals surface area contributed by atoms with Crippen LogP contribution in [0, 0.1) is 3.57 Å². The van der Waals surface area contributed by atoms with Gasteiger partial charge in [-0.05, 0) is 47.2 Å². The smallest absolute Gasteiger partial charge is 0.0704 e. The highest BCUT2D eigenvalue weighted by Crippen LogP contribution is 2.16. The van der Waals surface area contributed by atoms with Crippen LogP contribution in [0.3, 0.4) is 0 Å². The van der Waals surface area contributed by atoms with Crippen LogP contribution >= 0.6 is 22.6 Å². The highest BCUT2D eigenvalue weighted by molar-refractivity contribution is 14.1. The topological polar surface area (TPSA) is 46.2 Å². The first-order valence-electron chi connectivity index (χ1n) is 3.80. The van der Waals surface area contributed by atoms with Gasteiger partial charge in [0.1, 0.15) is 0 Å². The van der Waals surface area contributed by atoms with E-state index in [1.54, 1.807) is 6.92 Å². The van der Waals surface area contributed by atoms with Crippen LogP contribution in [0.2, 0.25) is 0 Å². The first-order valence-corrected chi connectivity index (χ1v) is 4.88. The van der Waals surface area contributed by atoms with Gasteiger partial charge in [0, 0.05) is 3.57 Å². The quantitative estimate of drug-likeness (QED) is 0.808. The van der Waals surface area contributed by atoms with E-state index in [0.29, 0.717) is 0 Å². The van der Waals surface area contributed by atoms with E-state index in [0.717, 1.165) is 9.13 Å². The first-order chi connectivity index (χ1) is 5.61. The van der Waals surface area contributed by atoms with Crippen molar-refractivity contribution < 1.29 is 5.11 Å². The predicted molar refractivity (Wildman–Crippen MR) is 57.8 cm³/mol. The second-order valence-corrected chi connectivity index (χ2v) is 4.07. The predicted octanol–water partition coefficient (Wildman–Crippen LogP) is 1.67. The molecule has 1 unspecified atom stereocenters. The molecule has 0 radical (unpaired) electrons. The van der Waals surface area contributed by atoms with Gasteiger partial charge in [0.2, 0.25) is 0 Å². The molecule has 0 aromatic heterocycles. The lowest BCUT2D eigenvalue weighted by Gasteiger charge is -2.14. The summed E-state index contributed by atoms with van der Waals surface area (Å²) in [5, 5.41) is 9.24. The Morgan fingerprint density at radius 1 is 1.50 bits per heavy atom. The Balaban J connectivity index is 2.88. The van der Waals surface area contributed by atoms with Gasteiger partial charge in [-0.1, -0.05) is 12.1 Å². The van der Waals surface area contributed by atoms with Gasteiger partial charge in [-0.25, -0.2) is 0 Å². The molecule has 0 aliphatic rings. The molecule has 66 valence electrons. The summed E-state index contributed by atoms with van der Waals surface area (Å²) in [6, 6.07) is 7.58. The van der Waals surface area contributed by atoms with E-state index in [9.17, 15) is 5.11 Å². The van der Waals surface area contributed by atoms with E-state index in [4.69, 9.17) is 5.73 Å². The molecule has 3 N–H and O–H groups in total. The summed E-state index contributed by atoms with van der Waals surface area (Å²) in [5.74, 6) is 0. The van der Waals surface area contributed by atoms with Crippen molar-refractivity contribution in [1.82, 2.24) is 0 Å². The van der Waals surface area contributed by atoms with E-state index in [2.05, 4.69) is 22.6 Å². The highest BCUT2D eigenvalue weighted by Gasteiger charge is 2.11. The van der Waals surface area contributed by atoms with E-state index in [1.165, 1.54) is 0 Å². The van der Waals surface area contributed by atoms with Crippen LogP contribution in [0.5, 0.6) is 0 Å². The van der Waals surface area contributed by atoms with Crippen LogP contribution in [0.4, 0.5) is 0 Å². The summed E-state index contributed by atoms with van der Waals surface area (Å²) in [6.07, 6.45) is -0.497. The number of benzene rings is 1. The number of halogens is 1. The summed E-state index contributed by atoms with van der Waals surface area (Å²) in [6.45, 7) is 1.70. The maximum absolute atomic E-state index is 9.24. The van der Waals surface area contributed by atoms with E-state index in [-0.39, 0.29) is 6.04 Å². The van der Waals surface area contributed by atoms with Crippen molar-refractivity contribution in [3.05, 3.63) is 33.4 Å². The van der Waals surface area contributed by atoms with Gasteiger partial charge in [-0.15, -0.1) is 0 Å². The number of rotatable bonds is 2. The Bertz CT molecular complexity index is 262. The average molecular weight is 277 g/mol. The number of aliphatic hydroxyl groups is 1. The second-order valence-electron chi connectivity index (χ2n) is 2.82. The van der Waals surface area contributed by atoms with Gasteiger partial charge in [-0.3, -0.25) is 0 Å². The van der Waals surface area contributed by atoms with E-state index in [1.807, 2.05) is 24.3 Å². The number of nitrogens with two attached hydrogens (primary N) is 1. The van der Waals surface area contributed by atoms with Gasteiger partial charge in [0.15, 0.2) is 0 Å². The molecule has 1 rings (SSSR count). The molecule has 0 saturated heterocycles. The highest BCUT2D eigenvalue weighted by atomic mass is 127. The molecule has 0 bridgehead atoms. The third-order valence-corrected chi connectivity index (χ3v) is 2.42. The zero-order chi connectivity index (χ0) is 9.14. The van der Waals surface area contributed by atoms with E-state index < -0.39 is 6.10 Å². The zero-order valence-corrected chi connectivity index (χ0v) is 9.02. The van der Waals surface area contributed by atoms with Crippen molar-refractivity contribution >= 4 is 22.6 Å². The lowest BCUT2D eigenvalue weighted by Crippen LogP contribution is -2.23. The maximum atomic E-state index is 9.24. The maximum Gasteiger partial charge on any atom is 0.0704 e. The minimum Gasteiger partial charge on any atom is -0.391 e. The molecule has 0 fully saturated rings. The molecule has 0 aliphatic heterocycles. The third-order valence-electron chi connectivity index (χ3n) is 1.75. The fourth-order valence-electron chi connectivity index (χ4n) is 0.992. The Kier molecular flexibility index (Phi) is 3.49. The van der Waals surface area contributed by atoms with Gasteiger partial charge in [0.25, 0.3) is 0 Å². The Morgan fingerprint density at radius 2 is 2.17 bits per heavy atom. The second kappa shape index (κ2) is 4.20. The minimum absolute atomic E-state index is 0.278. The minimum atomic E-state index is -0.497. The monoisotopic (exact) mass is 277 g/mol. The van der Waals surface area contributed by atoms with Crippen molar-refractivity contribution in [2.24, 2.45) is 5.73 Å². The molecule has 0 aliphatic carbocycles. The summed E-state index contributed by atoms with van der Waals surface area (Å²) in [7, 11) is 0. The number of aliphatic hydroxyl groups excluding tert-OH is 1.